The Morgan fingerprint density at radius 2 is 2.00 bits per heavy atom. The number of amides is 2. The number of carbonyl (C=O) groups is 2. The number of nitrogens with one attached hydrogen (secondary N) is 2. The summed E-state index contributed by atoms with van der Waals surface area (Å²) in [6.45, 7) is 5.78. The van der Waals surface area contributed by atoms with E-state index in [-0.39, 0.29) is 30.8 Å². The Kier molecular flexibility index (Phi) is 5.98. The Balaban J connectivity index is 2.29. The van der Waals surface area contributed by atoms with Gasteiger partial charge in [-0.2, -0.15) is 0 Å². The first-order valence-corrected chi connectivity index (χ1v) is 7.01. The van der Waals surface area contributed by atoms with Gasteiger partial charge in [0.25, 0.3) is 5.91 Å². The molecule has 0 aliphatic heterocycles. The van der Waals surface area contributed by atoms with Crippen LogP contribution in [0, 0.1) is 12.8 Å². The molecule has 3 N–H and O–H groups in total. The van der Waals surface area contributed by atoms with Crippen LogP contribution < -0.4 is 10.6 Å². The van der Waals surface area contributed by atoms with Crippen LogP contribution in [-0.4, -0.2) is 36.1 Å². The molecule has 2 amide bonds. The number of aliphatic hydroxyl groups excluding tert-OH is 1. The third kappa shape index (κ3) is 5.40. The summed E-state index contributed by atoms with van der Waals surface area (Å²) in [6.07, 6.45) is -0.570. The number of hydrogen-bond donors (Lipinski definition) is 3. The van der Waals surface area contributed by atoms with Crippen LogP contribution in [0.3, 0.4) is 0 Å². The maximum absolute atomic E-state index is 11.7. The zero-order valence-electron chi connectivity index (χ0n) is 11.4. The lowest BCUT2D eigenvalue weighted by Gasteiger charge is -2.15. The molecule has 0 aromatic carbocycles. The number of aryl methyl sites for hydroxylation is 1. The number of rotatable bonds is 6. The lowest BCUT2D eigenvalue weighted by atomic mass is 10.1. The number of thiophene rings is 1. The van der Waals surface area contributed by atoms with Gasteiger partial charge in [-0.15, -0.1) is 11.3 Å². The Hall–Kier alpha value is -1.40. The summed E-state index contributed by atoms with van der Waals surface area (Å²) in [5.74, 6) is -0.469. The van der Waals surface area contributed by atoms with Crippen LogP contribution in [0.4, 0.5) is 0 Å². The first kappa shape index (κ1) is 15.7. The van der Waals surface area contributed by atoms with Crippen molar-refractivity contribution in [1.29, 1.82) is 0 Å². The van der Waals surface area contributed by atoms with Gasteiger partial charge in [0.05, 0.1) is 17.5 Å². The van der Waals surface area contributed by atoms with Crippen LogP contribution in [0.15, 0.2) is 12.1 Å². The van der Waals surface area contributed by atoms with E-state index in [0.29, 0.717) is 4.88 Å². The van der Waals surface area contributed by atoms with E-state index < -0.39 is 6.10 Å². The quantitative estimate of drug-likeness (QED) is 0.727. The van der Waals surface area contributed by atoms with Crippen LogP contribution in [0.1, 0.15) is 28.4 Å². The van der Waals surface area contributed by atoms with Gasteiger partial charge in [0.15, 0.2) is 0 Å². The normalized spacial score (nSPS) is 12.3. The monoisotopic (exact) mass is 284 g/mol. The van der Waals surface area contributed by atoms with Gasteiger partial charge in [-0.25, -0.2) is 0 Å². The zero-order chi connectivity index (χ0) is 14.4. The first-order chi connectivity index (χ1) is 8.90. The summed E-state index contributed by atoms with van der Waals surface area (Å²) in [4.78, 5) is 24.8. The molecule has 0 bridgehead atoms. The molecule has 0 radical (unpaired) electrons. The smallest absolute Gasteiger partial charge is 0.261 e. The minimum atomic E-state index is -0.570. The molecule has 0 saturated carbocycles. The van der Waals surface area contributed by atoms with E-state index in [9.17, 15) is 14.7 Å². The van der Waals surface area contributed by atoms with Crippen molar-refractivity contribution < 1.29 is 14.7 Å². The van der Waals surface area contributed by atoms with Gasteiger partial charge < -0.3 is 15.7 Å². The van der Waals surface area contributed by atoms with Gasteiger partial charge in [0.1, 0.15) is 0 Å². The summed E-state index contributed by atoms with van der Waals surface area (Å²) in [7, 11) is 0. The molecule has 1 aromatic heterocycles. The molecule has 1 heterocycles. The highest BCUT2D eigenvalue weighted by atomic mass is 32.1. The minimum Gasteiger partial charge on any atom is -0.391 e. The zero-order valence-corrected chi connectivity index (χ0v) is 12.2. The lowest BCUT2D eigenvalue weighted by molar-refractivity contribution is -0.120. The van der Waals surface area contributed by atoms with Crippen LogP contribution >= 0.6 is 11.3 Å². The van der Waals surface area contributed by atoms with Crippen LogP contribution in [0.5, 0.6) is 0 Å². The Morgan fingerprint density at radius 3 is 2.53 bits per heavy atom. The van der Waals surface area contributed by atoms with Crippen LogP contribution in [0.25, 0.3) is 0 Å². The van der Waals surface area contributed by atoms with Gasteiger partial charge >= 0.3 is 0 Å². The fourth-order valence-electron chi connectivity index (χ4n) is 1.32. The molecule has 1 rings (SSSR count). The summed E-state index contributed by atoms with van der Waals surface area (Å²) >= 11 is 1.39. The van der Waals surface area contributed by atoms with Crippen molar-refractivity contribution in [3.63, 3.8) is 0 Å². The molecule has 6 heteroatoms. The predicted molar refractivity (Wildman–Crippen MR) is 75.2 cm³/mol. The molecule has 0 spiro atoms. The molecule has 0 fully saturated rings. The highest BCUT2D eigenvalue weighted by molar-refractivity contribution is 7.13. The van der Waals surface area contributed by atoms with E-state index in [0.717, 1.165) is 4.88 Å². The second-order valence-corrected chi connectivity index (χ2v) is 6.00. The molecule has 0 aliphatic rings. The SMILES string of the molecule is Cc1ccc(C(=O)NCC(=O)NCC(O)C(C)C)s1. The average Bonchev–Trinajstić information content (AvgIpc) is 2.79. The number of hydrogen-bond acceptors (Lipinski definition) is 4. The third-order valence-corrected chi connectivity index (χ3v) is 3.65. The molecule has 1 aromatic rings. The van der Waals surface area contributed by atoms with E-state index in [4.69, 9.17) is 0 Å². The van der Waals surface area contributed by atoms with E-state index in [1.807, 2.05) is 26.8 Å². The summed E-state index contributed by atoms with van der Waals surface area (Å²) in [5.41, 5.74) is 0. The standard InChI is InChI=1S/C13H20N2O3S/c1-8(2)10(16)6-14-12(17)7-15-13(18)11-5-4-9(3)19-11/h4-5,8,10,16H,6-7H2,1-3H3,(H,14,17)(H,15,18). The largest absolute Gasteiger partial charge is 0.391 e. The van der Waals surface area contributed by atoms with E-state index in [1.165, 1.54) is 11.3 Å². The number of aliphatic hydroxyl groups is 1. The van der Waals surface area contributed by atoms with Crippen molar-refractivity contribution in [2.75, 3.05) is 13.1 Å². The molecule has 1 atom stereocenters. The molecule has 1 unspecified atom stereocenters. The van der Waals surface area contributed by atoms with Crippen molar-refractivity contribution in [2.45, 2.75) is 26.9 Å². The average molecular weight is 284 g/mol. The Morgan fingerprint density at radius 1 is 1.32 bits per heavy atom. The van der Waals surface area contributed by atoms with Crippen molar-refractivity contribution in [2.24, 2.45) is 5.92 Å². The van der Waals surface area contributed by atoms with Crippen molar-refractivity contribution in [1.82, 2.24) is 10.6 Å². The molecule has 5 nitrogen and oxygen atoms in total. The van der Waals surface area contributed by atoms with Crippen LogP contribution in [0.2, 0.25) is 0 Å². The van der Waals surface area contributed by atoms with Crippen molar-refractivity contribution >= 4 is 23.2 Å². The fraction of sp³-hybridized carbons (Fsp3) is 0.538. The lowest BCUT2D eigenvalue weighted by Crippen LogP contribution is -2.41. The summed E-state index contributed by atoms with van der Waals surface area (Å²) in [5, 5.41) is 14.7. The highest BCUT2D eigenvalue weighted by Gasteiger charge is 2.12. The second kappa shape index (κ2) is 7.25. The fourth-order valence-corrected chi connectivity index (χ4v) is 2.10. The van der Waals surface area contributed by atoms with Gasteiger partial charge in [-0.05, 0) is 25.0 Å². The molecule has 0 aliphatic carbocycles. The third-order valence-electron chi connectivity index (χ3n) is 2.65. The maximum atomic E-state index is 11.7. The molecule has 106 valence electrons. The minimum absolute atomic E-state index is 0.0827. The number of carbonyl (C=O) groups excluding carboxylic acids is 2. The highest BCUT2D eigenvalue weighted by Crippen LogP contribution is 2.14. The van der Waals surface area contributed by atoms with Crippen molar-refractivity contribution in [3.8, 4) is 0 Å². The second-order valence-electron chi connectivity index (χ2n) is 4.71. The molecular weight excluding hydrogens is 264 g/mol. The van der Waals surface area contributed by atoms with Gasteiger partial charge in [-0.3, -0.25) is 9.59 Å². The van der Waals surface area contributed by atoms with Crippen LogP contribution in [-0.2, 0) is 4.79 Å². The first-order valence-electron chi connectivity index (χ1n) is 6.19. The summed E-state index contributed by atoms with van der Waals surface area (Å²) in [6, 6.07) is 3.59. The van der Waals surface area contributed by atoms with E-state index in [2.05, 4.69) is 10.6 Å². The molecule has 0 saturated heterocycles. The topological polar surface area (TPSA) is 78.4 Å². The Bertz CT molecular complexity index is 443. The maximum Gasteiger partial charge on any atom is 0.261 e. The molecule has 19 heavy (non-hydrogen) atoms. The summed E-state index contributed by atoms with van der Waals surface area (Å²) < 4.78 is 0. The van der Waals surface area contributed by atoms with Gasteiger partial charge in [0, 0.05) is 11.4 Å². The van der Waals surface area contributed by atoms with Crippen molar-refractivity contribution in [3.05, 3.63) is 21.9 Å². The van der Waals surface area contributed by atoms with Gasteiger partial charge in [0.2, 0.25) is 5.91 Å². The van der Waals surface area contributed by atoms with E-state index in [1.54, 1.807) is 6.07 Å². The predicted octanol–water partition coefficient (Wildman–Crippen LogP) is 0.919. The van der Waals surface area contributed by atoms with Gasteiger partial charge in [-0.1, -0.05) is 13.8 Å². The van der Waals surface area contributed by atoms with E-state index >= 15 is 0 Å². The Labute approximate surface area is 117 Å². The molecular formula is C13H20N2O3S.